The summed E-state index contributed by atoms with van der Waals surface area (Å²) in [4.78, 5) is 4.57. The smallest absolute Gasteiger partial charge is 0.227 e. The van der Waals surface area contributed by atoms with Crippen LogP contribution in [0.5, 0.6) is 0 Å². The quantitative estimate of drug-likeness (QED) is 0.413. The van der Waals surface area contributed by atoms with E-state index in [0.29, 0.717) is 17.0 Å². The summed E-state index contributed by atoms with van der Waals surface area (Å²) >= 11 is 0. The van der Waals surface area contributed by atoms with Gasteiger partial charge in [0, 0.05) is 36.3 Å². The van der Waals surface area contributed by atoms with Crippen LogP contribution in [0.25, 0.3) is 33.3 Å². The zero-order valence-corrected chi connectivity index (χ0v) is 16.8. The van der Waals surface area contributed by atoms with Gasteiger partial charge >= 0.3 is 0 Å². The first-order valence-corrected chi connectivity index (χ1v) is 9.57. The van der Waals surface area contributed by atoms with Gasteiger partial charge in [-0.25, -0.2) is 9.55 Å². The number of fused-ring (bicyclic) bond motifs is 3. The van der Waals surface area contributed by atoms with Crippen molar-refractivity contribution in [2.45, 2.75) is 47.3 Å². The van der Waals surface area contributed by atoms with Crippen LogP contribution in [0, 0.1) is 12.3 Å². The highest BCUT2D eigenvalue weighted by Crippen LogP contribution is 2.36. The number of nitrogens with zero attached hydrogens (tertiary/aromatic N) is 2. The molecule has 4 rings (SSSR count). The lowest BCUT2D eigenvalue weighted by Crippen LogP contribution is -2.31. The van der Waals surface area contributed by atoms with E-state index < -0.39 is 19.1 Å². The number of aromatic nitrogens is 2. The average Bonchev–Trinajstić information content (AvgIpc) is 3.10. The molecule has 3 aromatic heterocycles. The van der Waals surface area contributed by atoms with E-state index in [1.54, 1.807) is 6.07 Å². The van der Waals surface area contributed by atoms with Crippen molar-refractivity contribution < 1.29 is 17.2 Å². The molecule has 0 saturated carbocycles. The van der Waals surface area contributed by atoms with Gasteiger partial charge in [-0.1, -0.05) is 39.7 Å². The molecule has 3 heterocycles. The second-order valence-corrected chi connectivity index (χ2v) is 7.79. The second-order valence-electron chi connectivity index (χ2n) is 7.79. The van der Waals surface area contributed by atoms with Crippen molar-refractivity contribution in [3.8, 4) is 11.3 Å². The molecule has 0 aliphatic rings. The Labute approximate surface area is 175 Å². The van der Waals surface area contributed by atoms with Gasteiger partial charge in [0.15, 0.2) is 11.8 Å². The highest BCUT2D eigenvalue weighted by atomic mass is 16.3. The number of rotatable bonds is 3. The number of hydrogen-bond acceptors (Lipinski definition) is 2. The SMILES string of the molecule is [2H]C([2H])([2H])C(C)(Cc1ccc2c(n1)oc1c(-c3ccc(CC)c[n+]3C)c(C)ccc12)C([2H])([2H])[2H]. The molecule has 0 aliphatic heterocycles. The molecular weight excluding hydrogens is 344 g/mol. The molecule has 0 aliphatic carbocycles. The van der Waals surface area contributed by atoms with Crippen molar-refractivity contribution in [2.75, 3.05) is 0 Å². The average molecular weight is 380 g/mol. The molecule has 28 heavy (non-hydrogen) atoms. The van der Waals surface area contributed by atoms with Gasteiger partial charge in [-0.05, 0) is 48.9 Å². The molecule has 0 fully saturated rings. The third-order valence-electron chi connectivity index (χ3n) is 5.17. The fourth-order valence-corrected chi connectivity index (χ4v) is 3.77. The van der Waals surface area contributed by atoms with E-state index in [2.05, 4.69) is 40.9 Å². The van der Waals surface area contributed by atoms with Crippen LogP contribution in [-0.4, -0.2) is 4.98 Å². The van der Waals surface area contributed by atoms with Crippen LogP contribution in [0.3, 0.4) is 0 Å². The lowest BCUT2D eigenvalue weighted by molar-refractivity contribution is -0.660. The molecule has 3 nitrogen and oxygen atoms in total. The zero-order chi connectivity index (χ0) is 25.1. The number of furan rings is 1. The van der Waals surface area contributed by atoms with E-state index in [4.69, 9.17) is 12.6 Å². The highest BCUT2D eigenvalue weighted by Gasteiger charge is 2.21. The van der Waals surface area contributed by atoms with Crippen LogP contribution in [-0.2, 0) is 19.9 Å². The molecule has 4 aromatic rings. The number of aryl methyl sites for hydroxylation is 3. The van der Waals surface area contributed by atoms with Crippen molar-refractivity contribution in [3.63, 3.8) is 0 Å². The normalized spacial score (nSPS) is 16.3. The monoisotopic (exact) mass is 379 g/mol. The first-order chi connectivity index (χ1) is 15.8. The fourth-order valence-electron chi connectivity index (χ4n) is 3.77. The molecule has 0 radical (unpaired) electrons. The lowest BCUT2D eigenvalue weighted by Gasteiger charge is -2.16. The first kappa shape index (κ1) is 12.7. The van der Waals surface area contributed by atoms with Crippen LogP contribution < -0.4 is 4.57 Å². The molecule has 144 valence electrons. The Balaban J connectivity index is 1.88. The van der Waals surface area contributed by atoms with E-state index >= 15 is 0 Å². The molecule has 1 aromatic carbocycles. The maximum absolute atomic E-state index is 7.86. The van der Waals surface area contributed by atoms with E-state index in [1.165, 1.54) is 12.5 Å². The summed E-state index contributed by atoms with van der Waals surface area (Å²) in [5, 5.41) is 1.71. The summed E-state index contributed by atoms with van der Waals surface area (Å²) in [5.74, 6) is 0. The summed E-state index contributed by atoms with van der Waals surface area (Å²) in [6.07, 6.45) is 2.84. The van der Waals surface area contributed by atoms with E-state index in [-0.39, 0.29) is 6.42 Å². The predicted molar refractivity (Wildman–Crippen MR) is 115 cm³/mol. The number of hydrogen-bond donors (Lipinski definition) is 0. The minimum atomic E-state index is -2.67. The Morgan fingerprint density at radius 2 is 1.89 bits per heavy atom. The summed E-state index contributed by atoms with van der Waals surface area (Å²) in [5.41, 5.74) is 3.79. The van der Waals surface area contributed by atoms with Gasteiger partial charge in [-0.3, -0.25) is 0 Å². The Bertz CT molecular complexity index is 1370. The van der Waals surface area contributed by atoms with Gasteiger partial charge in [-0.15, -0.1) is 0 Å². The van der Waals surface area contributed by atoms with Gasteiger partial charge in [0.2, 0.25) is 11.4 Å². The lowest BCUT2D eigenvalue weighted by atomic mass is 9.90. The van der Waals surface area contributed by atoms with E-state index in [9.17, 15) is 0 Å². The summed E-state index contributed by atoms with van der Waals surface area (Å²) < 4.78 is 55.5. The minimum Gasteiger partial charge on any atom is -0.437 e. The van der Waals surface area contributed by atoms with Crippen molar-refractivity contribution in [2.24, 2.45) is 12.5 Å². The first-order valence-electron chi connectivity index (χ1n) is 12.6. The molecular formula is C25H29N2O+. The van der Waals surface area contributed by atoms with Crippen LogP contribution >= 0.6 is 0 Å². The largest absolute Gasteiger partial charge is 0.437 e. The maximum atomic E-state index is 7.86. The molecule has 0 saturated heterocycles. The molecule has 3 heteroatoms. The fraction of sp³-hybridized carbons (Fsp3) is 0.360. The highest BCUT2D eigenvalue weighted by molar-refractivity contribution is 6.08. The minimum absolute atomic E-state index is 0.216. The summed E-state index contributed by atoms with van der Waals surface area (Å²) in [6, 6.07) is 11.8. The van der Waals surface area contributed by atoms with E-state index in [1.807, 2.05) is 26.1 Å². The molecule has 0 N–H and O–H groups in total. The Hall–Kier alpha value is -2.68. The standard InChI is InChI=1S/C25H29N2O/c1-7-17-9-13-21(27(6)15-17)22-16(2)8-11-19-20-12-10-18(14-25(3,4)5)26-24(20)28-23(19)22/h8-13,15H,7,14H2,1-6H3/q+1/i3D3,4D3. The topological polar surface area (TPSA) is 29.9 Å². The van der Waals surface area contributed by atoms with Crippen molar-refractivity contribution in [1.82, 2.24) is 4.98 Å². The zero-order valence-electron chi connectivity index (χ0n) is 22.8. The van der Waals surface area contributed by atoms with Gasteiger partial charge in [-0.2, -0.15) is 0 Å². The van der Waals surface area contributed by atoms with Crippen molar-refractivity contribution in [3.05, 3.63) is 59.4 Å². The third kappa shape index (κ3) is 3.30. The van der Waals surface area contributed by atoms with Crippen LogP contribution in [0.15, 0.2) is 47.0 Å². The van der Waals surface area contributed by atoms with Gasteiger partial charge in [0.1, 0.15) is 7.05 Å². The molecule has 0 amide bonds. The molecule has 0 bridgehead atoms. The van der Waals surface area contributed by atoms with Crippen molar-refractivity contribution in [1.29, 1.82) is 0 Å². The summed E-state index contributed by atoms with van der Waals surface area (Å²) in [7, 11) is 2.01. The second kappa shape index (κ2) is 6.73. The van der Waals surface area contributed by atoms with Crippen LogP contribution in [0.2, 0.25) is 0 Å². The predicted octanol–water partition coefficient (Wildman–Crippen LogP) is 5.93. The van der Waals surface area contributed by atoms with Gasteiger partial charge in [0.05, 0.1) is 5.56 Å². The Morgan fingerprint density at radius 1 is 1.11 bits per heavy atom. The van der Waals surface area contributed by atoms with Gasteiger partial charge in [0.25, 0.3) is 0 Å². The van der Waals surface area contributed by atoms with Crippen LogP contribution in [0.4, 0.5) is 0 Å². The molecule has 0 unspecified atom stereocenters. The molecule has 0 spiro atoms. The Kier molecular flexibility index (Phi) is 3.06. The van der Waals surface area contributed by atoms with Crippen molar-refractivity contribution >= 4 is 22.1 Å². The Morgan fingerprint density at radius 3 is 2.61 bits per heavy atom. The number of benzene rings is 1. The third-order valence-corrected chi connectivity index (χ3v) is 5.17. The maximum Gasteiger partial charge on any atom is 0.227 e. The summed E-state index contributed by atoms with van der Waals surface area (Å²) in [6.45, 7) is 0.0808. The van der Waals surface area contributed by atoms with Gasteiger partial charge < -0.3 is 4.42 Å². The van der Waals surface area contributed by atoms with E-state index in [0.717, 1.165) is 34.0 Å². The molecule has 0 atom stereocenters. The number of pyridine rings is 2. The van der Waals surface area contributed by atoms with Crippen LogP contribution in [0.1, 0.15) is 52.6 Å².